The number of aromatic nitrogens is 2. The monoisotopic (exact) mass is 448 g/mol. The minimum Gasteiger partial charge on any atom is -0.379 e. The molecule has 0 unspecified atom stereocenters. The maximum absolute atomic E-state index is 12.9. The molecule has 2 heterocycles. The summed E-state index contributed by atoms with van der Waals surface area (Å²) in [5, 5.41) is 6.32. The number of carbonyl (C=O) groups excluding carboxylic acids is 1. The minimum absolute atomic E-state index is 0.0135. The summed E-state index contributed by atoms with van der Waals surface area (Å²) in [6.45, 7) is 2.93. The van der Waals surface area contributed by atoms with E-state index in [1.165, 1.54) is 16.4 Å². The summed E-state index contributed by atoms with van der Waals surface area (Å²) in [5.41, 5.74) is 0.0135. The van der Waals surface area contributed by atoms with E-state index in [9.17, 15) is 13.2 Å². The molecular formula is C16H18Cl2N4O5S. The Labute approximate surface area is 172 Å². The first-order valence-corrected chi connectivity index (χ1v) is 10.6. The topological polar surface area (TPSA) is 115 Å². The summed E-state index contributed by atoms with van der Waals surface area (Å²) >= 11 is 12.2. The number of rotatable bonds is 6. The number of halogens is 2. The molecule has 1 N–H and O–H groups in total. The van der Waals surface area contributed by atoms with Crippen LogP contribution in [0, 0.1) is 6.92 Å². The van der Waals surface area contributed by atoms with Gasteiger partial charge in [0, 0.05) is 26.1 Å². The van der Waals surface area contributed by atoms with Gasteiger partial charge in [-0.1, -0.05) is 28.4 Å². The number of aryl methyl sites for hydroxylation is 1. The van der Waals surface area contributed by atoms with Crippen LogP contribution in [-0.4, -0.2) is 61.6 Å². The van der Waals surface area contributed by atoms with E-state index in [0.29, 0.717) is 31.3 Å². The Hall–Kier alpha value is -1.72. The van der Waals surface area contributed by atoms with Gasteiger partial charge < -0.3 is 14.6 Å². The van der Waals surface area contributed by atoms with Gasteiger partial charge in [0.15, 0.2) is 5.82 Å². The Morgan fingerprint density at radius 3 is 2.61 bits per heavy atom. The van der Waals surface area contributed by atoms with Crippen molar-refractivity contribution in [2.75, 3.05) is 32.8 Å². The number of morpholine rings is 1. The first kappa shape index (κ1) is 21.0. The number of carbonyl (C=O) groups is 1. The largest absolute Gasteiger partial charge is 0.379 e. The fourth-order valence-electron chi connectivity index (χ4n) is 2.65. The second kappa shape index (κ2) is 8.75. The van der Waals surface area contributed by atoms with Gasteiger partial charge in [-0.25, -0.2) is 8.42 Å². The van der Waals surface area contributed by atoms with Crippen LogP contribution in [-0.2, 0) is 21.2 Å². The Bertz CT molecular complexity index is 973. The van der Waals surface area contributed by atoms with Crippen LogP contribution >= 0.6 is 23.2 Å². The molecule has 28 heavy (non-hydrogen) atoms. The normalized spacial score (nSPS) is 15.5. The van der Waals surface area contributed by atoms with E-state index in [2.05, 4.69) is 15.5 Å². The summed E-state index contributed by atoms with van der Waals surface area (Å²) in [6, 6.07) is 2.45. The van der Waals surface area contributed by atoms with Crippen LogP contribution in [0.25, 0.3) is 0 Å². The summed E-state index contributed by atoms with van der Waals surface area (Å²) in [4.78, 5) is 16.4. The van der Waals surface area contributed by atoms with Gasteiger partial charge >= 0.3 is 0 Å². The molecule has 1 aliphatic heterocycles. The quantitative estimate of drug-likeness (QED) is 0.714. The van der Waals surface area contributed by atoms with E-state index < -0.39 is 15.9 Å². The Morgan fingerprint density at radius 1 is 1.25 bits per heavy atom. The summed E-state index contributed by atoms with van der Waals surface area (Å²) < 4.78 is 37.2. The Kier molecular flexibility index (Phi) is 6.56. The highest BCUT2D eigenvalue weighted by atomic mass is 35.5. The first-order chi connectivity index (χ1) is 13.3. The molecule has 1 fully saturated rings. The lowest BCUT2D eigenvalue weighted by molar-refractivity contribution is 0.0730. The maximum atomic E-state index is 12.9. The molecule has 0 bridgehead atoms. The molecule has 9 nitrogen and oxygen atoms in total. The average Bonchev–Trinajstić information content (AvgIpc) is 3.07. The third kappa shape index (κ3) is 4.64. The van der Waals surface area contributed by atoms with Gasteiger partial charge in [-0.3, -0.25) is 4.79 Å². The van der Waals surface area contributed by atoms with Crippen LogP contribution in [0.4, 0.5) is 0 Å². The van der Waals surface area contributed by atoms with Crippen molar-refractivity contribution in [2.24, 2.45) is 0 Å². The molecule has 1 aliphatic rings. The van der Waals surface area contributed by atoms with Crippen molar-refractivity contribution < 1.29 is 22.5 Å². The smallest absolute Gasteiger partial charge is 0.252 e. The van der Waals surface area contributed by atoms with Crippen LogP contribution < -0.4 is 5.32 Å². The van der Waals surface area contributed by atoms with Crippen LogP contribution in [0.5, 0.6) is 0 Å². The predicted octanol–water partition coefficient (Wildman–Crippen LogP) is 1.68. The number of nitrogens with one attached hydrogen (secondary N) is 1. The molecule has 0 radical (unpaired) electrons. The van der Waals surface area contributed by atoms with E-state index in [-0.39, 0.29) is 40.1 Å². The second-order valence-electron chi connectivity index (χ2n) is 6.02. The van der Waals surface area contributed by atoms with Crippen molar-refractivity contribution in [2.45, 2.75) is 18.2 Å². The highest BCUT2D eigenvalue weighted by Crippen LogP contribution is 2.31. The van der Waals surface area contributed by atoms with Crippen molar-refractivity contribution in [1.82, 2.24) is 19.8 Å². The number of hydrogen-bond donors (Lipinski definition) is 1. The fraction of sp³-hybridized carbons (Fsp3) is 0.438. The highest BCUT2D eigenvalue weighted by molar-refractivity contribution is 7.89. The molecule has 2 aromatic rings. The number of nitrogens with zero attached hydrogens (tertiary/aromatic N) is 3. The lowest BCUT2D eigenvalue weighted by Crippen LogP contribution is -2.40. The lowest BCUT2D eigenvalue weighted by Gasteiger charge is -2.26. The van der Waals surface area contributed by atoms with Crippen LogP contribution in [0.3, 0.4) is 0 Å². The van der Waals surface area contributed by atoms with E-state index in [4.69, 9.17) is 32.5 Å². The van der Waals surface area contributed by atoms with Crippen molar-refractivity contribution in [1.29, 1.82) is 0 Å². The molecule has 0 atom stereocenters. The summed E-state index contributed by atoms with van der Waals surface area (Å²) in [7, 11) is -3.88. The van der Waals surface area contributed by atoms with Crippen molar-refractivity contribution in [3.63, 3.8) is 0 Å². The second-order valence-corrected chi connectivity index (χ2v) is 8.74. The molecule has 1 amide bonds. The van der Waals surface area contributed by atoms with E-state index in [1.807, 2.05) is 0 Å². The molecule has 152 valence electrons. The third-order valence-electron chi connectivity index (χ3n) is 4.05. The fourth-order valence-corrected chi connectivity index (χ4v) is 4.89. The Morgan fingerprint density at radius 2 is 1.96 bits per heavy atom. The molecule has 1 aromatic carbocycles. The van der Waals surface area contributed by atoms with Gasteiger partial charge in [0.25, 0.3) is 5.91 Å². The molecule has 1 saturated heterocycles. The zero-order valence-electron chi connectivity index (χ0n) is 14.9. The van der Waals surface area contributed by atoms with E-state index in [1.54, 1.807) is 6.92 Å². The molecule has 3 rings (SSSR count). The molecule has 1 aromatic heterocycles. The maximum Gasteiger partial charge on any atom is 0.252 e. The molecular weight excluding hydrogens is 431 g/mol. The number of hydrogen-bond acceptors (Lipinski definition) is 7. The average molecular weight is 449 g/mol. The minimum atomic E-state index is -3.88. The third-order valence-corrected chi connectivity index (χ3v) is 6.72. The zero-order chi connectivity index (χ0) is 20.3. The summed E-state index contributed by atoms with van der Waals surface area (Å²) in [5.74, 6) is 0.354. The van der Waals surface area contributed by atoms with Gasteiger partial charge in [-0.2, -0.15) is 9.29 Å². The summed E-state index contributed by atoms with van der Waals surface area (Å²) in [6.07, 6.45) is 0.330. The highest BCUT2D eigenvalue weighted by Gasteiger charge is 2.30. The van der Waals surface area contributed by atoms with Crippen LogP contribution in [0.1, 0.15) is 22.1 Å². The number of ether oxygens (including phenoxy) is 1. The zero-order valence-corrected chi connectivity index (χ0v) is 17.3. The first-order valence-electron chi connectivity index (χ1n) is 8.43. The van der Waals surface area contributed by atoms with Crippen molar-refractivity contribution in [3.05, 3.63) is 39.5 Å². The number of benzene rings is 1. The van der Waals surface area contributed by atoms with Gasteiger partial charge in [-0.15, -0.1) is 0 Å². The number of amides is 1. The van der Waals surface area contributed by atoms with Crippen LogP contribution in [0.2, 0.25) is 10.0 Å². The molecule has 12 heteroatoms. The van der Waals surface area contributed by atoms with Gasteiger partial charge in [0.2, 0.25) is 15.9 Å². The van der Waals surface area contributed by atoms with Crippen molar-refractivity contribution in [3.8, 4) is 0 Å². The van der Waals surface area contributed by atoms with Gasteiger partial charge in [0.05, 0.1) is 28.8 Å². The molecule has 0 spiro atoms. The predicted molar refractivity (Wildman–Crippen MR) is 101 cm³/mol. The molecule has 0 saturated carbocycles. The lowest BCUT2D eigenvalue weighted by atomic mass is 10.2. The van der Waals surface area contributed by atoms with E-state index >= 15 is 0 Å². The van der Waals surface area contributed by atoms with Crippen LogP contribution in [0.15, 0.2) is 21.6 Å². The van der Waals surface area contributed by atoms with Gasteiger partial charge in [-0.05, 0) is 19.1 Å². The molecule has 0 aliphatic carbocycles. The van der Waals surface area contributed by atoms with E-state index in [0.717, 1.165) is 0 Å². The van der Waals surface area contributed by atoms with Gasteiger partial charge in [0.1, 0.15) is 4.90 Å². The SMILES string of the molecule is Cc1noc(CCNC(=O)c2cc(S(=O)(=O)N3CCOCC3)c(Cl)cc2Cl)n1. The number of sulfonamides is 1. The standard InChI is InChI=1S/C16H18Cl2N4O5S/c1-10-20-15(27-21-10)2-3-19-16(23)11-8-14(13(18)9-12(11)17)28(24,25)22-4-6-26-7-5-22/h8-9H,2-7H2,1H3,(H,19,23). The Balaban J connectivity index is 1.77. The van der Waals surface area contributed by atoms with Crippen molar-refractivity contribution >= 4 is 39.1 Å².